The molecule has 1 N–H and O–H groups in total. The molecule has 1 aliphatic carbocycles. The third-order valence-corrected chi connectivity index (χ3v) is 4.75. The van der Waals surface area contributed by atoms with Crippen molar-refractivity contribution < 1.29 is 4.39 Å². The smallest absolute Gasteiger partial charge is 0.0872 e. The minimum absolute atomic E-state index is 0.159. The lowest BCUT2D eigenvalue weighted by molar-refractivity contribution is 0.251. The van der Waals surface area contributed by atoms with Crippen LogP contribution in [-0.4, -0.2) is 24.5 Å². The van der Waals surface area contributed by atoms with Crippen molar-refractivity contribution in [1.29, 1.82) is 0 Å². The van der Waals surface area contributed by atoms with Gasteiger partial charge >= 0.3 is 0 Å². The summed E-state index contributed by atoms with van der Waals surface area (Å²) in [6.07, 6.45) is 11.0. The number of nitrogens with zero attached hydrogens (tertiary/aromatic N) is 1. The Kier molecular flexibility index (Phi) is 7.98. The highest BCUT2D eigenvalue weighted by atomic mass is 19.1. The van der Waals surface area contributed by atoms with E-state index in [2.05, 4.69) is 62.0 Å². The Morgan fingerprint density at radius 3 is 2.37 bits per heavy atom. The third kappa shape index (κ3) is 6.37. The van der Waals surface area contributed by atoms with E-state index in [1.165, 1.54) is 6.08 Å². The van der Waals surface area contributed by atoms with Gasteiger partial charge in [0, 0.05) is 22.5 Å². The molecule has 0 atom stereocenters. The van der Waals surface area contributed by atoms with Crippen LogP contribution >= 0.6 is 0 Å². The molecule has 1 aliphatic rings. The molecule has 0 aromatic carbocycles. The summed E-state index contributed by atoms with van der Waals surface area (Å²) >= 11 is 0. The first-order chi connectivity index (χ1) is 12.5. The summed E-state index contributed by atoms with van der Waals surface area (Å²) in [4.78, 5) is 2.14. The second kappa shape index (κ2) is 9.52. The summed E-state index contributed by atoms with van der Waals surface area (Å²) in [7, 11) is 4.08. The first-order valence-electron chi connectivity index (χ1n) is 9.07. The monoisotopic (exact) mass is 368 g/mol. The Morgan fingerprint density at radius 2 is 1.85 bits per heavy atom. The van der Waals surface area contributed by atoms with E-state index in [0.29, 0.717) is 11.9 Å². The van der Waals surface area contributed by atoms with E-state index in [-0.39, 0.29) is 5.54 Å². The molecule has 0 unspecified atom stereocenters. The van der Waals surface area contributed by atoms with Crippen molar-refractivity contribution in [2.24, 2.45) is 0 Å². The van der Waals surface area contributed by atoms with Gasteiger partial charge in [0.1, 0.15) is 0 Å². The van der Waals surface area contributed by atoms with Gasteiger partial charge in [-0.1, -0.05) is 43.5 Å². The first kappa shape index (κ1) is 22.7. The van der Waals surface area contributed by atoms with E-state index >= 15 is 0 Å². The van der Waals surface area contributed by atoms with E-state index in [1.54, 1.807) is 0 Å². The molecule has 0 aromatic rings. The number of hydrogen-bond acceptors (Lipinski definition) is 2. The summed E-state index contributed by atoms with van der Waals surface area (Å²) in [5.74, 6) is 0. The molecule has 0 radical (unpaired) electrons. The minimum atomic E-state index is -0.159. The van der Waals surface area contributed by atoms with Gasteiger partial charge in [0.25, 0.3) is 0 Å². The van der Waals surface area contributed by atoms with Crippen LogP contribution in [0.15, 0.2) is 95.7 Å². The Hall–Kier alpha value is -2.39. The Balaban J connectivity index is 3.26. The molecule has 0 aromatic heterocycles. The largest absolute Gasteiger partial charge is 0.355 e. The Labute approximate surface area is 164 Å². The predicted molar refractivity (Wildman–Crippen MR) is 117 cm³/mol. The highest BCUT2D eigenvalue weighted by Crippen LogP contribution is 2.27. The van der Waals surface area contributed by atoms with Gasteiger partial charge in [-0.15, -0.1) is 0 Å². The average molecular weight is 369 g/mol. The lowest BCUT2D eigenvalue weighted by Gasteiger charge is -2.31. The highest BCUT2D eigenvalue weighted by Gasteiger charge is 2.20. The lowest BCUT2D eigenvalue weighted by Crippen LogP contribution is -2.36. The van der Waals surface area contributed by atoms with Crippen molar-refractivity contribution in [1.82, 2.24) is 10.2 Å². The van der Waals surface area contributed by atoms with Crippen LogP contribution in [0, 0.1) is 0 Å². The van der Waals surface area contributed by atoms with Crippen LogP contribution in [0.25, 0.3) is 0 Å². The maximum absolute atomic E-state index is 12.7. The fraction of sp³-hybridized carbons (Fsp3) is 0.333. The van der Waals surface area contributed by atoms with Crippen LogP contribution in [0.2, 0.25) is 0 Å². The number of hydrogen-bond donors (Lipinski definition) is 1. The molecule has 0 aliphatic heterocycles. The van der Waals surface area contributed by atoms with Gasteiger partial charge in [0.15, 0.2) is 0 Å². The zero-order valence-corrected chi connectivity index (χ0v) is 17.6. The van der Waals surface area contributed by atoms with Crippen LogP contribution in [0.1, 0.15) is 34.1 Å². The number of allylic oxidation sites excluding steroid dienone is 7. The predicted octanol–water partition coefficient (Wildman–Crippen LogP) is 6.13. The van der Waals surface area contributed by atoms with Gasteiger partial charge in [-0.25, -0.2) is 4.39 Å². The SMILES string of the molecule is C=C(/C=C\F)C1=CC(C)=CCC=C1NC(=C)/C(=C/C(C)(C)N(C)C)C(=C)C. The topological polar surface area (TPSA) is 15.3 Å². The fourth-order valence-corrected chi connectivity index (χ4v) is 2.57. The molecule has 2 nitrogen and oxygen atoms in total. The van der Waals surface area contributed by atoms with E-state index in [4.69, 9.17) is 0 Å². The average Bonchev–Trinajstić information content (AvgIpc) is 2.74. The molecule has 0 saturated carbocycles. The summed E-state index contributed by atoms with van der Waals surface area (Å²) in [5, 5.41) is 3.41. The second-order valence-corrected chi connectivity index (χ2v) is 7.67. The quantitative estimate of drug-likeness (QED) is 0.518. The van der Waals surface area contributed by atoms with E-state index in [0.717, 1.165) is 40.1 Å². The molecule has 0 spiro atoms. The summed E-state index contributed by atoms with van der Waals surface area (Å²) < 4.78 is 12.7. The number of rotatable bonds is 8. The Morgan fingerprint density at radius 1 is 1.22 bits per heavy atom. The van der Waals surface area contributed by atoms with Crippen LogP contribution < -0.4 is 5.32 Å². The van der Waals surface area contributed by atoms with Crippen molar-refractivity contribution in [3.8, 4) is 0 Å². The molecular weight excluding hydrogens is 335 g/mol. The normalized spacial score (nSPS) is 15.9. The molecular formula is C24H33FN2. The third-order valence-electron chi connectivity index (χ3n) is 4.75. The molecule has 1 rings (SSSR count). The molecule has 0 amide bonds. The molecule has 3 heteroatoms. The van der Waals surface area contributed by atoms with Crippen molar-refractivity contribution in [2.45, 2.75) is 39.7 Å². The number of likely N-dealkylation sites (N-methyl/N-ethyl adjacent to an activating group) is 1. The summed E-state index contributed by atoms with van der Waals surface area (Å²) in [6.45, 7) is 20.6. The second-order valence-electron chi connectivity index (χ2n) is 7.67. The molecule has 27 heavy (non-hydrogen) atoms. The van der Waals surface area contributed by atoms with Crippen LogP contribution in [0.5, 0.6) is 0 Å². The van der Waals surface area contributed by atoms with E-state index < -0.39 is 0 Å². The number of halogens is 1. The van der Waals surface area contributed by atoms with Gasteiger partial charge < -0.3 is 10.2 Å². The highest BCUT2D eigenvalue weighted by molar-refractivity contribution is 5.56. The van der Waals surface area contributed by atoms with Gasteiger partial charge in [0.05, 0.1) is 6.33 Å². The van der Waals surface area contributed by atoms with Crippen molar-refractivity contribution >= 4 is 0 Å². The molecule has 146 valence electrons. The standard InChI is InChI=1S/C24H33FN2/c1-17(2)22(16-24(6,7)27(8)9)20(5)26-23-12-10-11-18(3)15-21(23)19(4)13-14-25/h11-16,26H,1,4-5,10H2,2-3,6-9H3/b14-13-,22-16+. The molecule has 0 bridgehead atoms. The summed E-state index contributed by atoms with van der Waals surface area (Å²) in [5.41, 5.74) is 5.93. The van der Waals surface area contributed by atoms with Crippen molar-refractivity contribution in [3.05, 3.63) is 95.7 Å². The maximum atomic E-state index is 12.7. The molecule has 0 fully saturated rings. The number of nitrogens with one attached hydrogen (secondary N) is 1. The van der Waals surface area contributed by atoms with E-state index in [9.17, 15) is 4.39 Å². The van der Waals surface area contributed by atoms with Gasteiger partial charge in [-0.05, 0) is 77.1 Å². The Bertz CT molecular complexity index is 768. The lowest BCUT2D eigenvalue weighted by atomic mass is 9.94. The molecule has 0 saturated heterocycles. The summed E-state index contributed by atoms with van der Waals surface area (Å²) in [6, 6.07) is 0. The van der Waals surface area contributed by atoms with Crippen LogP contribution in [0.3, 0.4) is 0 Å². The maximum Gasteiger partial charge on any atom is 0.0872 e. The first-order valence-corrected chi connectivity index (χ1v) is 9.07. The minimum Gasteiger partial charge on any atom is -0.355 e. The zero-order chi connectivity index (χ0) is 20.8. The van der Waals surface area contributed by atoms with Crippen LogP contribution in [0.4, 0.5) is 4.39 Å². The zero-order valence-electron chi connectivity index (χ0n) is 17.6. The fourth-order valence-electron chi connectivity index (χ4n) is 2.57. The van der Waals surface area contributed by atoms with Gasteiger partial charge in [0.2, 0.25) is 0 Å². The van der Waals surface area contributed by atoms with E-state index in [1.807, 2.05) is 34.0 Å². The van der Waals surface area contributed by atoms with Crippen molar-refractivity contribution in [2.75, 3.05) is 14.1 Å². The van der Waals surface area contributed by atoms with Gasteiger partial charge in [-0.3, -0.25) is 0 Å². The molecule has 0 heterocycles. The van der Waals surface area contributed by atoms with Gasteiger partial charge in [-0.2, -0.15) is 0 Å². The van der Waals surface area contributed by atoms with Crippen molar-refractivity contribution in [3.63, 3.8) is 0 Å². The van der Waals surface area contributed by atoms with Crippen LogP contribution in [-0.2, 0) is 0 Å².